The number of amides is 1. The second kappa shape index (κ2) is 8.64. The van der Waals surface area contributed by atoms with Crippen molar-refractivity contribution in [3.8, 4) is 5.69 Å². The van der Waals surface area contributed by atoms with Crippen molar-refractivity contribution < 1.29 is 14.3 Å². The van der Waals surface area contributed by atoms with E-state index < -0.39 is 6.04 Å². The molecule has 0 radical (unpaired) electrons. The Morgan fingerprint density at radius 3 is 2.77 bits per heavy atom. The van der Waals surface area contributed by atoms with Gasteiger partial charge in [0, 0.05) is 11.6 Å². The largest absolute Gasteiger partial charge is 0.468 e. The summed E-state index contributed by atoms with van der Waals surface area (Å²) in [4.78, 5) is 31.0. The maximum absolute atomic E-state index is 12.9. The topological polar surface area (TPSA) is 89.4 Å². The molecule has 1 aliphatic heterocycles. The Bertz CT molecular complexity index is 1070. The zero-order valence-electron chi connectivity index (χ0n) is 16.3. The van der Waals surface area contributed by atoms with Gasteiger partial charge in [0.1, 0.15) is 18.7 Å². The number of hydrogen-bond donors (Lipinski definition) is 1. The zero-order chi connectivity index (χ0) is 21.1. The lowest BCUT2D eigenvalue weighted by Gasteiger charge is -2.34. The molecule has 8 nitrogen and oxygen atoms in total. The summed E-state index contributed by atoms with van der Waals surface area (Å²) in [6, 6.07) is 12.5. The van der Waals surface area contributed by atoms with Crippen LogP contribution in [0.25, 0.3) is 5.69 Å². The van der Waals surface area contributed by atoms with E-state index in [1.807, 2.05) is 29.2 Å². The Balaban J connectivity index is 1.55. The third kappa shape index (κ3) is 4.19. The molecule has 154 valence electrons. The summed E-state index contributed by atoms with van der Waals surface area (Å²) in [5.74, 6) is -0.629. The minimum atomic E-state index is -0.523. The Kier molecular flexibility index (Phi) is 5.78. The minimum Gasteiger partial charge on any atom is -0.468 e. The molecular formula is C21H20ClN5O3. The molecule has 2 aromatic carbocycles. The van der Waals surface area contributed by atoms with Crippen LogP contribution in [-0.2, 0) is 27.3 Å². The number of anilines is 1. The summed E-state index contributed by atoms with van der Waals surface area (Å²) in [7, 11) is 1.36. The predicted molar refractivity (Wildman–Crippen MR) is 111 cm³/mol. The molecule has 1 aliphatic rings. The lowest BCUT2D eigenvalue weighted by Crippen LogP contribution is -2.49. The third-order valence-electron chi connectivity index (χ3n) is 5.06. The first-order chi connectivity index (χ1) is 14.5. The predicted octanol–water partition coefficient (Wildman–Crippen LogP) is 2.46. The van der Waals surface area contributed by atoms with Gasteiger partial charge in [-0.05, 0) is 35.7 Å². The fourth-order valence-corrected chi connectivity index (χ4v) is 3.80. The van der Waals surface area contributed by atoms with Crippen molar-refractivity contribution in [2.75, 3.05) is 19.0 Å². The number of benzene rings is 2. The normalized spacial score (nSPS) is 16.0. The van der Waals surface area contributed by atoms with E-state index in [9.17, 15) is 9.59 Å². The van der Waals surface area contributed by atoms with E-state index in [0.717, 1.165) is 11.1 Å². The number of rotatable bonds is 5. The first-order valence-electron chi connectivity index (χ1n) is 9.38. The average Bonchev–Trinajstić information content (AvgIpc) is 3.27. The number of fused-ring (bicyclic) bond motifs is 1. The lowest BCUT2D eigenvalue weighted by molar-refractivity contribution is -0.148. The van der Waals surface area contributed by atoms with Gasteiger partial charge in [-0.15, -0.1) is 0 Å². The molecule has 0 fully saturated rings. The fraction of sp³-hybridized carbons (Fsp3) is 0.238. The van der Waals surface area contributed by atoms with Gasteiger partial charge in [0.05, 0.1) is 25.0 Å². The van der Waals surface area contributed by atoms with Crippen LogP contribution >= 0.6 is 11.6 Å². The average molecular weight is 426 g/mol. The molecule has 0 bridgehead atoms. The van der Waals surface area contributed by atoms with Crippen molar-refractivity contribution in [1.29, 1.82) is 0 Å². The number of aromatic nitrogens is 3. The third-order valence-corrected chi connectivity index (χ3v) is 5.30. The maximum atomic E-state index is 12.9. The molecule has 1 atom stereocenters. The highest BCUT2D eigenvalue weighted by Crippen LogP contribution is 2.26. The number of hydrogen-bond acceptors (Lipinski definition) is 6. The molecule has 0 aliphatic carbocycles. The first-order valence-corrected chi connectivity index (χ1v) is 9.76. The van der Waals surface area contributed by atoms with Gasteiger partial charge in [-0.2, -0.15) is 5.10 Å². The number of nitrogens with zero attached hydrogens (tertiary/aromatic N) is 4. The van der Waals surface area contributed by atoms with E-state index in [2.05, 4.69) is 15.4 Å². The molecule has 0 spiro atoms. The van der Waals surface area contributed by atoms with Crippen LogP contribution in [0.15, 0.2) is 55.1 Å². The molecular weight excluding hydrogens is 406 g/mol. The van der Waals surface area contributed by atoms with Crippen LogP contribution < -0.4 is 5.32 Å². The van der Waals surface area contributed by atoms with Crippen molar-refractivity contribution >= 4 is 29.2 Å². The standard InChI is InChI=1S/C21H20ClN5O3/c1-30-21(29)19-8-14-4-2-3-5-15(14)10-26(19)11-20(28)25-17-9-16(22)6-7-18(17)27-13-23-12-24-27/h2-7,9,12-13,19H,8,10-11H2,1H3,(H,25,28). The van der Waals surface area contributed by atoms with Gasteiger partial charge >= 0.3 is 5.97 Å². The van der Waals surface area contributed by atoms with Gasteiger partial charge in [0.15, 0.2) is 0 Å². The van der Waals surface area contributed by atoms with Gasteiger partial charge in [0.2, 0.25) is 5.91 Å². The molecule has 1 amide bonds. The molecule has 0 saturated heterocycles. The van der Waals surface area contributed by atoms with Crippen molar-refractivity contribution in [1.82, 2.24) is 19.7 Å². The number of esters is 1. The van der Waals surface area contributed by atoms with Crippen molar-refractivity contribution in [2.45, 2.75) is 19.0 Å². The number of ether oxygens (including phenoxy) is 1. The summed E-state index contributed by atoms with van der Waals surface area (Å²) in [6.45, 7) is 0.506. The van der Waals surface area contributed by atoms with E-state index in [-0.39, 0.29) is 18.4 Å². The number of methoxy groups -OCH3 is 1. The molecule has 2 heterocycles. The van der Waals surface area contributed by atoms with Crippen LogP contribution in [0.2, 0.25) is 5.02 Å². The first kappa shape index (κ1) is 20.1. The Hall–Kier alpha value is -3.23. The van der Waals surface area contributed by atoms with E-state index in [4.69, 9.17) is 16.3 Å². The zero-order valence-corrected chi connectivity index (χ0v) is 17.0. The van der Waals surface area contributed by atoms with E-state index in [1.165, 1.54) is 19.8 Å². The molecule has 1 unspecified atom stereocenters. The van der Waals surface area contributed by atoms with Crippen LogP contribution in [0.3, 0.4) is 0 Å². The van der Waals surface area contributed by atoms with E-state index in [0.29, 0.717) is 29.4 Å². The molecule has 4 rings (SSSR count). The number of carbonyl (C=O) groups excluding carboxylic acids is 2. The highest BCUT2D eigenvalue weighted by Gasteiger charge is 2.33. The minimum absolute atomic E-state index is 0.0252. The second-order valence-electron chi connectivity index (χ2n) is 6.97. The lowest BCUT2D eigenvalue weighted by atomic mass is 9.94. The summed E-state index contributed by atoms with van der Waals surface area (Å²) < 4.78 is 6.51. The van der Waals surface area contributed by atoms with Crippen molar-refractivity contribution in [2.24, 2.45) is 0 Å². The molecule has 1 aromatic heterocycles. The van der Waals surface area contributed by atoms with Crippen LogP contribution in [0.5, 0.6) is 0 Å². The highest BCUT2D eigenvalue weighted by molar-refractivity contribution is 6.31. The van der Waals surface area contributed by atoms with Crippen molar-refractivity contribution in [3.05, 3.63) is 71.3 Å². The Morgan fingerprint density at radius 1 is 1.23 bits per heavy atom. The number of carbonyl (C=O) groups is 2. The quantitative estimate of drug-likeness (QED) is 0.631. The maximum Gasteiger partial charge on any atom is 0.323 e. The molecule has 3 aromatic rings. The Morgan fingerprint density at radius 2 is 2.03 bits per heavy atom. The fourth-order valence-electron chi connectivity index (χ4n) is 3.63. The highest BCUT2D eigenvalue weighted by atomic mass is 35.5. The SMILES string of the molecule is COC(=O)C1Cc2ccccc2CN1CC(=O)Nc1cc(Cl)ccc1-n1cncn1. The summed E-state index contributed by atoms with van der Waals surface area (Å²) in [5, 5.41) is 7.47. The van der Waals surface area contributed by atoms with Gasteiger partial charge in [-0.25, -0.2) is 9.67 Å². The molecule has 0 saturated carbocycles. The molecule has 30 heavy (non-hydrogen) atoms. The van der Waals surface area contributed by atoms with Gasteiger partial charge in [-0.3, -0.25) is 14.5 Å². The summed E-state index contributed by atoms with van der Waals surface area (Å²) >= 11 is 6.13. The van der Waals surface area contributed by atoms with Crippen LogP contribution in [-0.4, -0.2) is 51.2 Å². The second-order valence-corrected chi connectivity index (χ2v) is 7.40. The number of nitrogens with one attached hydrogen (secondary N) is 1. The Labute approximate surface area is 178 Å². The molecule has 1 N–H and O–H groups in total. The van der Waals surface area contributed by atoms with E-state index in [1.54, 1.807) is 22.9 Å². The van der Waals surface area contributed by atoms with Crippen molar-refractivity contribution in [3.63, 3.8) is 0 Å². The summed E-state index contributed by atoms with van der Waals surface area (Å²) in [5.41, 5.74) is 3.33. The molecule has 9 heteroatoms. The van der Waals surface area contributed by atoms with Crippen LogP contribution in [0.4, 0.5) is 5.69 Å². The van der Waals surface area contributed by atoms with Crippen LogP contribution in [0.1, 0.15) is 11.1 Å². The monoisotopic (exact) mass is 425 g/mol. The number of halogens is 1. The van der Waals surface area contributed by atoms with E-state index >= 15 is 0 Å². The summed E-state index contributed by atoms with van der Waals surface area (Å²) in [6.07, 6.45) is 3.44. The van der Waals surface area contributed by atoms with Gasteiger partial charge < -0.3 is 10.1 Å². The smallest absolute Gasteiger partial charge is 0.323 e. The van der Waals surface area contributed by atoms with Gasteiger partial charge in [-0.1, -0.05) is 35.9 Å². The van der Waals surface area contributed by atoms with Crippen LogP contribution in [0, 0.1) is 0 Å². The van der Waals surface area contributed by atoms with Gasteiger partial charge in [0.25, 0.3) is 0 Å².